The van der Waals surface area contributed by atoms with Gasteiger partial charge in [0.1, 0.15) is 0 Å². The third-order valence-electron chi connectivity index (χ3n) is 3.60. The minimum atomic E-state index is -2.20. The highest BCUT2D eigenvalue weighted by atomic mass is 19.3. The van der Waals surface area contributed by atoms with Crippen molar-refractivity contribution in [2.45, 2.75) is 37.6 Å². The Morgan fingerprint density at radius 1 is 1.50 bits per heavy atom. The molecule has 3 atom stereocenters. The van der Waals surface area contributed by atoms with E-state index in [9.17, 15) is 8.78 Å². The molecule has 2 rings (SSSR count). The molecule has 12 heavy (non-hydrogen) atoms. The van der Waals surface area contributed by atoms with E-state index in [1.807, 2.05) is 0 Å². The third-order valence-corrected chi connectivity index (χ3v) is 3.60. The molecule has 3 heteroatoms. The zero-order valence-electron chi connectivity index (χ0n) is 7.32. The maximum absolute atomic E-state index is 12.8. The molecule has 0 aliphatic heterocycles. The van der Waals surface area contributed by atoms with E-state index in [4.69, 9.17) is 0 Å². The summed E-state index contributed by atoms with van der Waals surface area (Å²) < 4.78 is 25.6. The SMILES string of the molecule is CNC1(C(F)F)CCCC2CC21. The Morgan fingerprint density at radius 3 is 2.75 bits per heavy atom. The molecule has 0 saturated heterocycles. The highest BCUT2D eigenvalue weighted by Crippen LogP contribution is 2.56. The van der Waals surface area contributed by atoms with Crippen LogP contribution in [0.25, 0.3) is 0 Å². The number of alkyl halides is 2. The standard InChI is InChI=1S/C9H15F2N/c1-12-9(8(10)11)4-2-3-6-5-7(6)9/h6-8,12H,2-5H2,1H3. The van der Waals surface area contributed by atoms with E-state index >= 15 is 0 Å². The van der Waals surface area contributed by atoms with E-state index < -0.39 is 12.0 Å². The molecule has 2 fully saturated rings. The highest BCUT2D eigenvalue weighted by molar-refractivity contribution is 5.09. The van der Waals surface area contributed by atoms with Crippen LogP contribution in [0.1, 0.15) is 25.7 Å². The van der Waals surface area contributed by atoms with Crippen LogP contribution in [0.5, 0.6) is 0 Å². The summed E-state index contributed by atoms with van der Waals surface area (Å²) in [5.74, 6) is 0.858. The first-order valence-corrected chi connectivity index (χ1v) is 4.68. The van der Waals surface area contributed by atoms with Gasteiger partial charge in [0.25, 0.3) is 6.43 Å². The maximum Gasteiger partial charge on any atom is 0.256 e. The number of hydrogen-bond acceptors (Lipinski definition) is 1. The molecular formula is C9H15F2N. The summed E-state index contributed by atoms with van der Waals surface area (Å²) in [5.41, 5.74) is -0.830. The number of halogens is 2. The summed E-state index contributed by atoms with van der Waals surface area (Å²) in [6.07, 6.45) is 1.61. The molecule has 0 amide bonds. The summed E-state index contributed by atoms with van der Waals surface area (Å²) in [4.78, 5) is 0. The van der Waals surface area contributed by atoms with Gasteiger partial charge in [-0.2, -0.15) is 0 Å². The largest absolute Gasteiger partial charge is 0.309 e. The fourth-order valence-corrected chi connectivity index (χ4v) is 2.73. The zero-order chi connectivity index (χ0) is 8.77. The van der Waals surface area contributed by atoms with Gasteiger partial charge in [-0.3, -0.25) is 0 Å². The van der Waals surface area contributed by atoms with Gasteiger partial charge in [-0.1, -0.05) is 12.8 Å². The van der Waals surface area contributed by atoms with Crippen molar-refractivity contribution in [2.24, 2.45) is 11.8 Å². The lowest BCUT2D eigenvalue weighted by atomic mass is 9.81. The maximum atomic E-state index is 12.8. The van der Waals surface area contributed by atoms with Crippen molar-refractivity contribution in [3.63, 3.8) is 0 Å². The molecule has 0 bridgehead atoms. The van der Waals surface area contributed by atoms with Crippen molar-refractivity contribution >= 4 is 0 Å². The second kappa shape index (κ2) is 2.66. The molecule has 1 nitrogen and oxygen atoms in total. The third kappa shape index (κ3) is 0.987. The quantitative estimate of drug-likeness (QED) is 0.677. The number of nitrogens with one attached hydrogen (secondary N) is 1. The molecule has 2 aliphatic carbocycles. The molecule has 3 unspecified atom stereocenters. The van der Waals surface area contributed by atoms with E-state index in [0.717, 1.165) is 12.8 Å². The van der Waals surface area contributed by atoms with Crippen molar-refractivity contribution < 1.29 is 8.78 Å². The Hall–Kier alpha value is -0.180. The van der Waals surface area contributed by atoms with Gasteiger partial charge in [-0.15, -0.1) is 0 Å². The molecular weight excluding hydrogens is 160 g/mol. The van der Waals surface area contributed by atoms with Crippen LogP contribution >= 0.6 is 0 Å². The van der Waals surface area contributed by atoms with Gasteiger partial charge in [-0.05, 0) is 31.7 Å². The van der Waals surface area contributed by atoms with Crippen LogP contribution in [-0.2, 0) is 0 Å². The van der Waals surface area contributed by atoms with E-state index in [-0.39, 0.29) is 5.92 Å². The second-order valence-corrected chi connectivity index (χ2v) is 4.09. The predicted octanol–water partition coefficient (Wildman–Crippen LogP) is 2.03. The smallest absolute Gasteiger partial charge is 0.256 e. The Morgan fingerprint density at radius 2 is 2.25 bits per heavy atom. The topological polar surface area (TPSA) is 12.0 Å². The summed E-state index contributed by atoms with van der Waals surface area (Å²) >= 11 is 0. The fraction of sp³-hybridized carbons (Fsp3) is 1.00. The predicted molar refractivity (Wildman–Crippen MR) is 43.2 cm³/mol. The number of fused-ring (bicyclic) bond motifs is 1. The minimum Gasteiger partial charge on any atom is -0.309 e. The molecule has 0 radical (unpaired) electrons. The average Bonchev–Trinajstić information content (AvgIpc) is 2.81. The van der Waals surface area contributed by atoms with Crippen LogP contribution in [0, 0.1) is 11.8 Å². The number of hydrogen-bond donors (Lipinski definition) is 1. The monoisotopic (exact) mass is 175 g/mol. The Kier molecular flexibility index (Phi) is 1.86. The molecule has 0 aromatic heterocycles. The summed E-state index contributed by atoms with van der Waals surface area (Å²) in [6.45, 7) is 0. The molecule has 0 heterocycles. The van der Waals surface area contributed by atoms with Crippen LogP contribution < -0.4 is 5.32 Å². The normalized spacial score (nSPS) is 46.0. The lowest BCUT2D eigenvalue weighted by Crippen LogP contribution is -2.53. The van der Waals surface area contributed by atoms with E-state index in [1.165, 1.54) is 6.42 Å². The second-order valence-electron chi connectivity index (χ2n) is 4.09. The van der Waals surface area contributed by atoms with E-state index in [1.54, 1.807) is 7.05 Å². The van der Waals surface area contributed by atoms with Crippen molar-refractivity contribution in [1.29, 1.82) is 0 Å². The first-order valence-electron chi connectivity index (χ1n) is 4.68. The van der Waals surface area contributed by atoms with Gasteiger partial charge in [0, 0.05) is 0 Å². The summed E-state index contributed by atoms with van der Waals surface area (Å²) in [5, 5.41) is 2.86. The first-order chi connectivity index (χ1) is 5.70. The lowest BCUT2D eigenvalue weighted by Gasteiger charge is -2.36. The Labute approximate surface area is 71.5 Å². The zero-order valence-corrected chi connectivity index (χ0v) is 7.32. The van der Waals surface area contributed by atoms with Gasteiger partial charge in [0.15, 0.2) is 0 Å². The Balaban J connectivity index is 2.15. The van der Waals surface area contributed by atoms with Crippen molar-refractivity contribution in [3.8, 4) is 0 Å². The fourth-order valence-electron chi connectivity index (χ4n) is 2.73. The van der Waals surface area contributed by atoms with Gasteiger partial charge >= 0.3 is 0 Å². The van der Waals surface area contributed by atoms with Crippen LogP contribution in [0.3, 0.4) is 0 Å². The first kappa shape index (κ1) is 8.42. The van der Waals surface area contributed by atoms with Crippen LogP contribution in [0.4, 0.5) is 8.78 Å². The molecule has 0 aromatic carbocycles. The average molecular weight is 175 g/mol. The Bertz CT molecular complexity index is 183. The van der Waals surface area contributed by atoms with E-state index in [2.05, 4.69) is 5.32 Å². The van der Waals surface area contributed by atoms with Crippen LogP contribution in [-0.4, -0.2) is 19.0 Å². The van der Waals surface area contributed by atoms with Crippen molar-refractivity contribution in [1.82, 2.24) is 5.32 Å². The molecule has 2 aliphatic rings. The summed E-state index contributed by atoms with van der Waals surface area (Å²) in [7, 11) is 1.67. The van der Waals surface area contributed by atoms with Crippen molar-refractivity contribution in [3.05, 3.63) is 0 Å². The van der Waals surface area contributed by atoms with Crippen molar-refractivity contribution in [2.75, 3.05) is 7.05 Å². The number of rotatable bonds is 2. The van der Waals surface area contributed by atoms with Crippen LogP contribution in [0.15, 0.2) is 0 Å². The summed E-state index contributed by atoms with van der Waals surface area (Å²) in [6, 6.07) is 0. The molecule has 2 saturated carbocycles. The molecule has 70 valence electrons. The van der Waals surface area contributed by atoms with E-state index in [0.29, 0.717) is 12.3 Å². The van der Waals surface area contributed by atoms with Gasteiger partial charge < -0.3 is 5.32 Å². The molecule has 0 aromatic rings. The minimum absolute atomic E-state index is 0.260. The lowest BCUT2D eigenvalue weighted by molar-refractivity contribution is 0.00169. The van der Waals surface area contributed by atoms with Gasteiger partial charge in [-0.25, -0.2) is 8.78 Å². The highest BCUT2D eigenvalue weighted by Gasteiger charge is 2.58. The van der Waals surface area contributed by atoms with Crippen LogP contribution in [0.2, 0.25) is 0 Å². The van der Waals surface area contributed by atoms with Gasteiger partial charge in [0.2, 0.25) is 0 Å². The van der Waals surface area contributed by atoms with Gasteiger partial charge in [0.05, 0.1) is 5.54 Å². The molecule has 1 N–H and O–H groups in total. The molecule has 0 spiro atoms.